The summed E-state index contributed by atoms with van der Waals surface area (Å²) in [5, 5.41) is 0. The molecule has 0 radical (unpaired) electrons. The number of alkyl halides is 1. The van der Waals surface area contributed by atoms with Crippen molar-refractivity contribution in [2.45, 2.75) is 12.3 Å². The van der Waals surface area contributed by atoms with Crippen LogP contribution in [0.2, 0.25) is 0 Å². The number of carbonyl (C=O) groups is 1. The summed E-state index contributed by atoms with van der Waals surface area (Å²) in [4.78, 5) is 13.1. The fourth-order valence-corrected chi connectivity index (χ4v) is 2.78. The molecule has 0 spiro atoms. The summed E-state index contributed by atoms with van der Waals surface area (Å²) < 4.78 is 17.6. The Morgan fingerprint density at radius 1 is 1.32 bits per heavy atom. The first-order chi connectivity index (χ1) is 9.31. The molecule has 6 heteroatoms. The van der Waals surface area contributed by atoms with E-state index >= 15 is 0 Å². The monoisotopic (exact) mass is 375 g/mol. The molecule has 2 heterocycles. The quantitative estimate of drug-likeness (QED) is 0.457. The molecule has 0 amide bonds. The molecule has 2 aliphatic heterocycles. The van der Waals surface area contributed by atoms with Crippen molar-refractivity contribution in [3.8, 4) is 11.5 Å². The SMILES string of the molecule is O=CC1O[C@H](CI)CN1c1ccc2c(c1)OCCO2. The average Bonchev–Trinajstić information content (AvgIpc) is 2.90. The summed E-state index contributed by atoms with van der Waals surface area (Å²) in [5.74, 6) is 1.48. The number of halogens is 1. The molecule has 102 valence electrons. The highest BCUT2D eigenvalue weighted by Crippen LogP contribution is 2.35. The summed E-state index contributed by atoms with van der Waals surface area (Å²) >= 11 is 2.27. The van der Waals surface area contributed by atoms with Gasteiger partial charge in [0.2, 0.25) is 0 Å². The van der Waals surface area contributed by atoms with Gasteiger partial charge in [0, 0.05) is 22.7 Å². The van der Waals surface area contributed by atoms with Crippen LogP contribution in [0.3, 0.4) is 0 Å². The molecular weight excluding hydrogens is 361 g/mol. The first-order valence-electron chi connectivity index (χ1n) is 6.15. The van der Waals surface area contributed by atoms with Crippen molar-refractivity contribution < 1.29 is 19.0 Å². The van der Waals surface area contributed by atoms with E-state index < -0.39 is 6.23 Å². The normalized spacial score (nSPS) is 25.4. The summed E-state index contributed by atoms with van der Waals surface area (Å²) in [6.07, 6.45) is 0.412. The molecule has 0 aromatic heterocycles. The zero-order valence-electron chi connectivity index (χ0n) is 10.3. The van der Waals surface area contributed by atoms with Crippen LogP contribution in [-0.2, 0) is 9.53 Å². The molecule has 1 aromatic rings. The van der Waals surface area contributed by atoms with Gasteiger partial charge in [-0.2, -0.15) is 0 Å². The Balaban J connectivity index is 1.87. The largest absolute Gasteiger partial charge is 0.486 e. The molecule has 5 nitrogen and oxygen atoms in total. The van der Waals surface area contributed by atoms with Crippen molar-refractivity contribution in [3.63, 3.8) is 0 Å². The highest BCUT2D eigenvalue weighted by Gasteiger charge is 2.32. The molecule has 0 N–H and O–H groups in total. The number of hydrogen-bond donors (Lipinski definition) is 0. The number of benzene rings is 1. The fourth-order valence-electron chi connectivity index (χ4n) is 2.29. The van der Waals surface area contributed by atoms with Crippen molar-refractivity contribution >= 4 is 34.6 Å². The Kier molecular flexibility index (Phi) is 3.79. The molecule has 1 fully saturated rings. The van der Waals surface area contributed by atoms with Gasteiger partial charge in [-0.3, -0.25) is 4.79 Å². The van der Waals surface area contributed by atoms with E-state index in [1.807, 2.05) is 23.1 Å². The number of fused-ring (bicyclic) bond motifs is 1. The van der Waals surface area contributed by atoms with Crippen molar-refractivity contribution in [1.29, 1.82) is 0 Å². The first-order valence-corrected chi connectivity index (χ1v) is 7.67. The molecule has 1 unspecified atom stereocenters. The molecule has 0 aliphatic carbocycles. The molecule has 3 rings (SSSR count). The predicted molar refractivity (Wildman–Crippen MR) is 78.4 cm³/mol. The third kappa shape index (κ3) is 2.51. The van der Waals surface area contributed by atoms with Crippen LogP contribution in [0.1, 0.15) is 0 Å². The van der Waals surface area contributed by atoms with Crippen molar-refractivity contribution in [2.24, 2.45) is 0 Å². The minimum absolute atomic E-state index is 0.0870. The van der Waals surface area contributed by atoms with E-state index in [0.717, 1.165) is 27.9 Å². The second-order valence-corrected chi connectivity index (χ2v) is 5.30. The zero-order chi connectivity index (χ0) is 13.2. The Hall–Kier alpha value is -1.02. The van der Waals surface area contributed by atoms with Crippen LogP contribution in [0.25, 0.3) is 0 Å². The van der Waals surface area contributed by atoms with Gasteiger partial charge >= 0.3 is 0 Å². The van der Waals surface area contributed by atoms with Gasteiger partial charge in [-0.15, -0.1) is 0 Å². The Morgan fingerprint density at radius 3 is 2.84 bits per heavy atom. The molecule has 0 saturated carbocycles. The third-order valence-electron chi connectivity index (χ3n) is 3.19. The highest BCUT2D eigenvalue weighted by molar-refractivity contribution is 14.1. The number of carbonyl (C=O) groups excluding carboxylic acids is 1. The van der Waals surface area contributed by atoms with Crippen LogP contribution < -0.4 is 14.4 Å². The van der Waals surface area contributed by atoms with E-state index in [0.29, 0.717) is 19.8 Å². The number of aldehydes is 1. The molecule has 1 saturated heterocycles. The molecule has 1 aromatic carbocycles. The molecular formula is C13H14INO4. The van der Waals surface area contributed by atoms with Crippen LogP contribution in [0, 0.1) is 0 Å². The lowest BCUT2D eigenvalue weighted by Gasteiger charge is -2.24. The number of nitrogens with zero attached hydrogens (tertiary/aromatic N) is 1. The van der Waals surface area contributed by atoms with E-state index in [-0.39, 0.29) is 6.10 Å². The standard InChI is InChI=1S/C13H14INO4/c14-6-10-7-15(13(8-16)19-10)9-1-2-11-12(5-9)18-4-3-17-11/h1-2,5,8,10,13H,3-4,6-7H2/t10-,13?/m1/s1. The molecule has 19 heavy (non-hydrogen) atoms. The first kappa shape index (κ1) is 13.0. The summed E-state index contributed by atoms with van der Waals surface area (Å²) in [5.41, 5.74) is 0.925. The Bertz CT molecular complexity index is 482. The van der Waals surface area contributed by atoms with Crippen molar-refractivity contribution in [3.05, 3.63) is 18.2 Å². The van der Waals surface area contributed by atoms with Gasteiger partial charge in [0.05, 0.1) is 6.10 Å². The number of ether oxygens (including phenoxy) is 3. The van der Waals surface area contributed by atoms with Gasteiger partial charge < -0.3 is 19.1 Å². The third-order valence-corrected chi connectivity index (χ3v) is 4.17. The van der Waals surface area contributed by atoms with E-state index in [2.05, 4.69) is 22.6 Å². The van der Waals surface area contributed by atoms with Crippen LogP contribution in [0.4, 0.5) is 5.69 Å². The predicted octanol–water partition coefficient (Wildman–Crippen LogP) is 1.62. The Labute approximate surface area is 124 Å². The maximum absolute atomic E-state index is 11.1. The number of anilines is 1. The van der Waals surface area contributed by atoms with Gasteiger partial charge in [0.1, 0.15) is 13.2 Å². The lowest BCUT2D eigenvalue weighted by molar-refractivity contribution is -0.116. The fraction of sp³-hybridized carbons (Fsp3) is 0.462. The highest BCUT2D eigenvalue weighted by atomic mass is 127. The second-order valence-electron chi connectivity index (χ2n) is 4.42. The van der Waals surface area contributed by atoms with Gasteiger partial charge in [-0.05, 0) is 12.1 Å². The Morgan fingerprint density at radius 2 is 2.11 bits per heavy atom. The summed E-state index contributed by atoms with van der Waals surface area (Å²) in [7, 11) is 0. The second kappa shape index (κ2) is 5.54. The molecule has 0 bridgehead atoms. The van der Waals surface area contributed by atoms with Gasteiger partial charge in [0.25, 0.3) is 0 Å². The maximum atomic E-state index is 11.1. The van der Waals surface area contributed by atoms with Crippen LogP contribution in [-0.4, -0.2) is 42.8 Å². The van der Waals surface area contributed by atoms with E-state index in [4.69, 9.17) is 14.2 Å². The van der Waals surface area contributed by atoms with E-state index in [1.54, 1.807) is 0 Å². The van der Waals surface area contributed by atoms with Crippen LogP contribution >= 0.6 is 22.6 Å². The number of rotatable bonds is 3. The van der Waals surface area contributed by atoms with Gasteiger partial charge in [-0.25, -0.2) is 0 Å². The van der Waals surface area contributed by atoms with Gasteiger partial charge in [-0.1, -0.05) is 22.6 Å². The lowest BCUT2D eigenvalue weighted by atomic mass is 10.2. The minimum Gasteiger partial charge on any atom is -0.486 e. The van der Waals surface area contributed by atoms with Crippen LogP contribution in [0.5, 0.6) is 11.5 Å². The minimum atomic E-state index is -0.512. The van der Waals surface area contributed by atoms with E-state index in [1.165, 1.54) is 0 Å². The number of hydrogen-bond acceptors (Lipinski definition) is 5. The van der Waals surface area contributed by atoms with Crippen molar-refractivity contribution in [2.75, 3.05) is 29.1 Å². The topological polar surface area (TPSA) is 48.0 Å². The summed E-state index contributed by atoms with van der Waals surface area (Å²) in [6.45, 7) is 1.85. The van der Waals surface area contributed by atoms with Crippen LogP contribution in [0.15, 0.2) is 18.2 Å². The molecule has 2 aliphatic rings. The smallest absolute Gasteiger partial charge is 0.187 e. The van der Waals surface area contributed by atoms with E-state index in [9.17, 15) is 4.79 Å². The van der Waals surface area contributed by atoms with Crippen molar-refractivity contribution in [1.82, 2.24) is 0 Å². The average molecular weight is 375 g/mol. The zero-order valence-corrected chi connectivity index (χ0v) is 12.4. The summed E-state index contributed by atoms with van der Waals surface area (Å²) in [6, 6.07) is 5.72. The maximum Gasteiger partial charge on any atom is 0.187 e. The van der Waals surface area contributed by atoms with Gasteiger partial charge in [0.15, 0.2) is 24.0 Å². The lowest BCUT2D eigenvalue weighted by Crippen LogP contribution is -2.31. The molecule has 2 atom stereocenters.